The zero-order chi connectivity index (χ0) is 12.8. The fraction of sp³-hybridized carbons (Fsp3) is 0.417. The summed E-state index contributed by atoms with van der Waals surface area (Å²) < 4.78 is 15.9. The van der Waals surface area contributed by atoms with Crippen molar-refractivity contribution in [2.45, 2.75) is 0 Å². The minimum Gasteiger partial charge on any atom is -0.492 e. The van der Waals surface area contributed by atoms with E-state index in [4.69, 9.17) is 14.2 Å². The summed E-state index contributed by atoms with van der Waals surface area (Å²) in [4.78, 5) is 11.1. The molecular formula is C12H17ClN2O4. The fourth-order valence-electron chi connectivity index (χ4n) is 1.55. The van der Waals surface area contributed by atoms with Crippen LogP contribution in [0.15, 0.2) is 18.2 Å². The second kappa shape index (κ2) is 7.70. The number of rotatable bonds is 6. The van der Waals surface area contributed by atoms with Gasteiger partial charge in [0.2, 0.25) is 12.7 Å². The quantitative estimate of drug-likeness (QED) is 0.748. The number of hydrogen-bond donors (Lipinski definition) is 2. The summed E-state index contributed by atoms with van der Waals surface area (Å²) in [6, 6.07) is 5.39. The Morgan fingerprint density at radius 3 is 2.95 bits per heavy atom. The SMILES string of the molecule is CNCC(=O)NCCOc1ccc2c(c1)OCO2.Cl. The van der Waals surface area contributed by atoms with E-state index in [1.165, 1.54) is 0 Å². The molecule has 6 nitrogen and oxygen atoms in total. The smallest absolute Gasteiger partial charge is 0.234 e. The van der Waals surface area contributed by atoms with Gasteiger partial charge in [-0.05, 0) is 19.2 Å². The number of hydrogen-bond acceptors (Lipinski definition) is 5. The lowest BCUT2D eigenvalue weighted by Gasteiger charge is -2.08. The predicted octanol–water partition coefficient (Wildman–Crippen LogP) is 0.551. The monoisotopic (exact) mass is 288 g/mol. The molecule has 0 spiro atoms. The maximum atomic E-state index is 11.1. The van der Waals surface area contributed by atoms with E-state index in [1.807, 2.05) is 6.07 Å². The molecule has 2 N–H and O–H groups in total. The van der Waals surface area contributed by atoms with E-state index in [-0.39, 0.29) is 25.1 Å². The van der Waals surface area contributed by atoms with Gasteiger partial charge < -0.3 is 24.8 Å². The molecule has 0 fully saturated rings. The summed E-state index contributed by atoms with van der Waals surface area (Å²) in [5.41, 5.74) is 0. The lowest BCUT2D eigenvalue weighted by atomic mass is 10.3. The normalized spacial score (nSPS) is 11.6. The van der Waals surface area contributed by atoms with Gasteiger partial charge in [0.1, 0.15) is 12.4 Å². The van der Waals surface area contributed by atoms with Gasteiger partial charge in [-0.1, -0.05) is 0 Å². The van der Waals surface area contributed by atoms with Gasteiger partial charge in [-0.15, -0.1) is 12.4 Å². The Morgan fingerprint density at radius 2 is 2.16 bits per heavy atom. The summed E-state index contributed by atoms with van der Waals surface area (Å²) in [5.74, 6) is 2.06. The average molecular weight is 289 g/mol. The summed E-state index contributed by atoms with van der Waals surface area (Å²) in [6.07, 6.45) is 0. The molecule has 2 rings (SSSR count). The number of benzene rings is 1. The minimum absolute atomic E-state index is 0. The largest absolute Gasteiger partial charge is 0.492 e. The van der Waals surface area contributed by atoms with Crippen LogP contribution in [0.2, 0.25) is 0 Å². The van der Waals surface area contributed by atoms with Gasteiger partial charge in [-0.2, -0.15) is 0 Å². The van der Waals surface area contributed by atoms with E-state index < -0.39 is 0 Å². The van der Waals surface area contributed by atoms with Crippen molar-refractivity contribution in [3.8, 4) is 17.2 Å². The van der Waals surface area contributed by atoms with Crippen LogP contribution in [0.25, 0.3) is 0 Å². The standard InChI is InChI=1S/C12H16N2O4.ClH/c1-13-7-12(15)14-4-5-16-9-2-3-10-11(6-9)18-8-17-10;/h2-3,6,13H,4-5,7-8H2,1H3,(H,14,15);1H. The summed E-state index contributed by atoms with van der Waals surface area (Å²) >= 11 is 0. The lowest BCUT2D eigenvalue weighted by molar-refractivity contribution is -0.120. The van der Waals surface area contributed by atoms with Crippen molar-refractivity contribution in [3.05, 3.63) is 18.2 Å². The van der Waals surface area contributed by atoms with Crippen molar-refractivity contribution in [2.75, 3.05) is 33.5 Å². The van der Waals surface area contributed by atoms with Crippen LogP contribution in [0.3, 0.4) is 0 Å². The molecule has 0 atom stereocenters. The van der Waals surface area contributed by atoms with Crippen molar-refractivity contribution in [2.24, 2.45) is 0 Å². The molecule has 1 aromatic rings. The number of ether oxygens (including phenoxy) is 3. The highest BCUT2D eigenvalue weighted by molar-refractivity contribution is 5.85. The molecule has 1 heterocycles. The molecule has 1 aliphatic heterocycles. The zero-order valence-corrected chi connectivity index (χ0v) is 11.4. The highest BCUT2D eigenvalue weighted by atomic mass is 35.5. The third-order valence-electron chi connectivity index (χ3n) is 2.37. The molecule has 1 aromatic carbocycles. The van der Waals surface area contributed by atoms with Crippen molar-refractivity contribution in [3.63, 3.8) is 0 Å². The van der Waals surface area contributed by atoms with E-state index in [2.05, 4.69) is 10.6 Å². The molecule has 19 heavy (non-hydrogen) atoms. The molecular weight excluding hydrogens is 272 g/mol. The number of carbonyl (C=O) groups excluding carboxylic acids is 1. The lowest BCUT2D eigenvalue weighted by Crippen LogP contribution is -2.34. The molecule has 0 radical (unpaired) electrons. The second-order valence-electron chi connectivity index (χ2n) is 3.74. The topological polar surface area (TPSA) is 68.8 Å². The first-order valence-corrected chi connectivity index (χ1v) is 5.73. The summed E-state index contributed by atoms with van der Waals surface area (Å²) in [6.45, 7) is 1.44. The molecule has 0 unspecified atom stereocenters. The Labute approximate surface area is 117 Å². The minimum atomic E-state index is -0.0493. The number of amides is 1. The van der Waals surface area contributed by atoms with Crippen LogP contribution >= 0.6 is 12.4 Å². The van der Waals surface area contributed by atoms with Crippen molar-refractivity contribution < 1.29 is 19.0 Å². The summed E-state index contributed by atoms with van der Waals surface area (Å²) in [7, 11) is 1.72. The Bertz CT molecular complexity index is 428. The van der Waals surface area contributed by atoms with Crippen LogP contribution in [0.5, 0.6) is 17.2 Å². The van der Waals surface area contributed by atoms with Crippen LogP contribution in [0.4, 0.5) is 0 Å². The van der Waals surface area contributed by atoms with E-state index in [0.29, 0.717) is 31.2 Å². The van der Waals surface area contributed by atoms with Gasteiger partial charge >= 0.3 is 0 Å². The second-order valence-corrected chi connectivity index (χ2v) is 3.74. The molecule has 0 bridgehead atoms. The van der Waals surface area contributed by atoms with Crippen molar-refractivity contribution in [1.29, 1.82) is 0 Å². The Hall–Kier alpha value is -1.66. The Kier molecular flexibility index (Phi) is 6.24. The molecule has 0 aliphatic carbocycles. The van der Waals surface area contributed by atoms with Crippen molar-refractivity contribution in [1.82, 2.24) is 10.6 Å². The number of halogens is 1. The molecule has 1 amide bonds. The van der Waals surface area contributed by atoms with Crippen LogP contribution in [0.1, 0.15) is 0 Å². The number of fused-ring (bicyclic) bond motifs is 1. The number of carbonyl (C=O) groups is 1. The number of likely N-dealkylation sites (N-methyl/N-ethyl adjacent to an activating group) is 1. The van der Waals surface area contributed by atoms with Crippen LogP contribution in [-0.2, 0) is 4.79 Å². The Balaban J connectivity index is 0.00000180. The highest BCUT2D eigenvalue weighted by Crippen LogP contribution is 2.34. The first kappa shape index (κ1) is 15.4. The predicted molar refractivity (Wildman–Crippen MR) is 72.2 cm³/mol. The van der Waals surface area contributed by atoms with Crippen LogP contribution < -0.4 is 24.8 Å². The molecule has 0 aromatic heterocycles. The van der Waals surface area contributed by atoms with Gasteiger partial charge in [0.05, 0.1) is 13.1 Å². The van der Waals surface area contributed by atoms with Gasteiger partial charge in [-0.3, -0.25) is 4.79 Å². The molecule has 1 aliphatic rings. The maximum absolute atomic E-state index is 11.1. The van der Waals surface area contributed by atoms with E-state index >= 15 is 0 Å². The average Bonchev–Trinajstić information content (AvgIpc) is 2.82. The maximum Gasteiger partial charge on any atom is 0.234 e. The van der Waals surface area contributed by atoms with E-state index in [1.54, 1.807) is 19.2 Å². The summed E-state index contributed by atoms with van der Waals surface area (Å²) in [5, 5.41) is 5.49. The Morgan fingerprint density at radius 1 is 1.37 bits per heavy atom. The first-order valence-electron chi connectivity index (χ1n) is 5.73. The van der Waals surface area contributed by atoms with Gasteiger partial charge in [0.25, 0.3) is 0 Å². The van der Waals surface area contributed by atoms with E-state index in [0.717, 1.165) is 5.75 Å². The zero-order valence-electron chi connectivity index (χ0n) is 10.6. The first-order chi connectivity index (χ1) is 8.79. The van der Waals surface area contributed by atoms with E-state index in [9.17, 15) is 4.79 Å². The molecule has 0 saturated carbocycles. The molecule has 106 valence electrons. The van der Waals surface area contributed by atoms with Gasteiger partial charge in [0, 0.05) is 6.07 Å². The third-order valence-corrected chi connectivity index (χ3v) is 2.37. The fourth-order valence-corrected chi connectivity index (χ4v) is 1.55. The van der Waals surface area contributed by atoms with Gasteiger partial charge in [-0.25, -0.2) is 0 Å². The molecule has 7 heteroatoms. The van der Waals surface area contributed by atoms with Gasteiger partial charge in [0.15, 0.2) is 11.5 Å². The van der Waals surface area contributed by atoms with Crippen LogP contribution in [-0.4, -0.2) is 39.4 Å². The molecule has 0 saturated heterocycles. The highest BCUT2D eigenvalue weighted by Gasteiger charge is 2.13. The van der Waals surface area contributed by atoms with Crippen LogP contribution in [0, 0.1) is 0 Å². The third kappa shape index (κ3) is 4.50. The number of nitrogens with one attached hydrogen (secondary N) is 2. The van der Waals surface area contributed by atoms with Crippen molar-refractivity contribution >= 4 is 18.3 Å².